The molecule has 3 heteroatoms. The fraction of sp³-hybridized carbons (Fsp3) is 0.167. The van der Waals surface area contributed by atoms with Crippen molar-refractivity contribution in [2.24, 2.45) is 5.73 Å². The van der Waals surface area contributed by atoms with Gasteiger partial charge in [0.25, 0.3) is 0 Å². The molecule has 1 rings (SSSR count). The highest BCUT2D eigenvalue weighted by Crippen LogP contribution is 2.07. The molecule has 0 spiro atoms. The van der Waals surface area contributed by atoms with Crippen LogP contribution in [0.15, 0.2) is 16.7 Å². The Hall–Kier alpha value is -0.830. The second-order valence-corrected chi connectivity index (χ2v) is 2.19. The maximum absolute atomic E-state index is 5.33. The van der Waals surface area contributed by atoms with E-state index in [0.717, 1.165) is 11.3 Å². The first-order chi connectivity index (χ1) is 4.22. The van der Waals surface area contributed by atoms with Crippen molar-refractivity contribution in [3.63, 3.8) is 0 Å². The summed E-state index contributed by atoms with van der Waals surface area (Å²) in [4.78, 5) is 0.390. The lowest BCUT2D eigenvalue weighted by Gasteiger charge is -1.90. The zero-order chi connectivity index (χ0) is 6.85. The zero-order valence-corrected chi connectivity index (χ0v) is 5.87. The molecule has 0 bridgehead atoms. The van der Waals surface area contributed by atoms with Crippen molar-refractivity contribution in [2.75, 3.05) is 0 Å². The lowest BCUT2D eigenvalue weighted by molar-refractivity contribution is 0.533. The van der Waals surface area contributed by atoms with Crippen LogP contribution in [0, 0.1) is 6.92 Å². The average molecular weight is 141 g/mol. The van der Waals surface area contributed by atoms with Gasteiger partial charge in [-0.05, 0) is 13.0 Å². The second kappa shape index (κ2) is 2.19. The van der Waals surface area contributed by atoms with Crippen molar-refractivity contribution < 1.29 is 4.42 Å². The van der Waals surface area contributed by atoms with E-state index in [1.54, 1.807) is 12.3 Å². The van der Waals surface area contributed by atoms with Crippen LogP contribution in [0.1, 0.15) is 11.3 Å². The molecule has 1 heterocycles. The van der Waals surface area contributed by atoms with Crippen molar-refractivity contribution in [3.05, 3.63) is 23.7 Å². The number of hydrogen-bond donors (Lipinski definition) is 1. The lowest BCUT2D eigenvalue weighted by atomic mass is 10.3. The fourth-order valence-corrected chi connectivity index (χ4v) is 0.852. The summed E-state index contributed by atoms with van der Waals surface area (Å²) in [5, 5.41) is 0. The van der Waals surface area contributed by atoms with E-state index >= 15 is 0 Å². The van der Waals surface area contributed by atoms with Gasteiger partial charge in [0, 0.05) is 5.56 Å². The molecule has 0 saturated heterocycles. The number of rotatable bonds is 1. The first kappa shape index (κ1) is 6.29. The van der Waals surface area contributed by atoms with E-state index in [-0.39, 0.29) is 0 Å². The van der Waals surface area contributed by atoms with Gasteiger partial charge < -0.3 is 10.2 Å². The van der Waals surface area contributed by atoms with Crippen LogP contribution in [-0.2, 0) is 0 Å². The van der Waals surface area contributed by atoms with Crippen LogP contribution in [0.25, 0.3) is 0 Å². The molecular weight excluding hydrogens is 134 g/mol. The predicted octanol–water partition coefficient (Wildman–Crippen LogP) is 1.22. The van der Waals surface area contributed by atoms with Gasteiger partial charge in [-0.2, -0.15) is 0 Å². The molecule has 48 valence electrons. The Morgan fingerprint density at radius 3 is 2.67 bits per heavy atom. The first-order valence-electron chi connectivity index (χ1n) is 2.55. The third kappa shape index (κ3) is 1.10. The lowest BCUT2D eigenvalue weighted by Crippen LogP contribution is -2.08. The van der Waals surface area contributed by atoms with E-state index in [0.29, 0.717) is 4.99 Å². The van der Waals surface area contributed by atoms with Gasteiger partial charge in [-0.15, -0.1) is 0 Å². The average Bonchev–Trinajstić information content (AvgIpc) is 2.13. The zero-order valence-electron chi connectivity index (χ0n) is 5.05. The summed E-state index contributed by atoms with van der Waals surface area (Å²) in [6.45, 7) is 1.83. The van der Waals surface area contributed by atoms with Crippen molar-refractivity contribution >= 4 is 17.2 Å². The van der Waals surface area contributed by atoms with Crippen molar-refractivity contribution in [2.45, 2.75) is 6.92 Å². The third-order valence-electron chi connectivity index (χ3n) is 1.12. The Labute approximate surface area is 58.7 Å². The summed E-state index contributed by atoms with van der Waals surface area (Å²) in [5.41, 5.74) is 6.15. The van der Waals surface area contributed by atoms with Crippen LogP contribution in [0.5, 0.6) is 0 Å². The van der Waals surface area contributed by atoms with Gasteiger partial charge in [0.05, 0.1) is 6.26 Å². The smallest absolute Gasteiger partial charge is 0.110 e. The van der Waals surface area contributed by atoms with Crippen LogP contribution >= 0.6 is 12.2 Å². The van der Waals surface area contributed by atoms with Gasteiger partial charge in [0.15, 0.2) is 0 Å². The first-order valence-corrected chi connectivity index (χ1v) is 2.96. The molecule has 0 aromatic carbocycles. The Bertz CT molecular complexity index is 229. The van der Waals surface area contributed by atoms with Crippen LogP contribution in [0.2, 0.25) is 0 Å². The number of aryl methyl sites for hydroxylation is 1. The molecule has 9 heavy (non-hydrogen) atoms. The molecule has 0 aliphatic rings. The summed E-state index contributed by atoms with van der Waals surface area (Å²) in [7, 11) is 0. The van der Waals surface area contributed by atoms with Crippen molar-refractivity contribution in [1.82, 2.24) is 0 Å². The van der Waals surface area contributed by atoms with E-state index in [1.807, 2.05) is 6.92 Å². The molecule has 0 atom stereocenters. The number of hydrogen-bond acceptors (Lipinski definition) is 2. The minimum Gasteiger partial charge on any atom is -0.469 e. The van der Waals surface area contributed by atoms with E-state index in [9.17, 15) is 0 Å². The molecule has 0 fully saturated rings. The molecule has 0 unspecified atom stereocenters. The Kier molecular flexibility index (Phi) is 1.53. The summed E-state index contributed by atoms with van der Waals surface area (Å²) < 4.78 is 4.96. The molecule has 2 N–H and O–H groups in total. The third-order valence-corrected chi connectivity index (χ3v) is 1.34. The largest absolute Gasteiger partial charge is 0.469 e. The summed E-state index contributed by atoms with van der Waals surface area (Å²) in [5.74, 6) is 0.780. The summed E-state index contributed by atoms with van der Waals surface area (Å²) >= 11 is 4.72. The van der Waals surface area contributed by atoms with Gasteiger partial charge in [0.2, 0.25) is 0 Å². The normalized spacial score (nSPS) is 9.44. The van der Waals surface area contributed by atoms with Gasteiger partial charge in [-0.25, -0.2) is 0 Å². The monoisotopic (exact) mass is 141 g/mol. The van der Waals surface area contributed by atoms with E-state index in [1.165, 1.54) is 0 Å². The molecule has 2 nitrogen and oxygen atoms in total. The highest BCUT2D eigenvalue weighted by molar-refractivity contribution is 7.80. The highest BCUT2D eigenvalue weighted by atomic mass is 32.1. The van der Waals surface area contributed by atoms with Crippen molar-refractivity contribution in [3.8, 4) is 0 Å². The summed E-state index contributed by atoms with van der Waals surface area (Å²) in [6, 6.07) is 1.76. The van der Waals surface area contributed by atoms with Crippen LogP contribution < -0.4 is 5.73 Å². The standard InChI is InChI=1S/C6H7NOS/c1-4-5(6(7)9)2-3-8-4/h2-3H,1H3,(H2,7,9). The second-order valence-electron chi connectivity index (χ2n) is 1.75. The van der Waals surface area contributed by atoms with Crippen LogP contribution in [0.4, 0.5) is 0 Å². The van der Waals surface area contributed by atoms with Crippen LogP contribution in [-0.4, -0.2) is 4.99 Å². The minimum atomic E-state index is 0.390. The van der Waals surface area contributed by atoms with Gasteiger partial charge in [0.1, 0.15) is 10.7 Å². The Morgan fingerprint density at radius 2 is 2.44 bits per heavy atom. The number of thiocarbonyl (C=S) groups is 1. The topological polar surface area (TPSA) is 39.2 Å². The number of nitrogens with two attached hydrogens (primary N) is 1. The molecule has 0 aliphatic carbocycles. The van der Waals surface area contributed by atoms with Gasteiger partial charge >= 0.3 is 0 Å². The van der Waals surface area contributed by atoms with Gasteiger partial charge in [-0.1, -0.05) is 12.2 Å². The molecule has 0 aliphatic heterocycles. The van der Waals surface area contributed by atoms with E-state index in [4.69, 9.17) is 22.4 Å². The molecule has 1 aromatic heterocycles. The number of furan rings is 1. The maximum atomic E-state index is 5.33. The SMILES string of the molecule is Cc1occc1C(N)=S. The fourth-order valence-electron chi connectivity index (χ4n) is 0.641. The van der Waals surface area contributed by atoms with E-state index in [2.05, 4.69) is 0 Å². The molecule has 0 amide bonds. The highest BCUT2D eigenvalue weighted by Gasteiger charge is 2.01. The van der Waals surface area contributed by atoms with Gasteiger partial charge in [-0.3, -0.25) is 0 Å². The quantitative estimate of drug-likeness (QED) is 0.598. The van der Waals surface area contributed by atoms with Crippen molar-refractivity contribution in [1.29, 1.82) is 0 Å². The molecule has 1 aromatic rings. The van der Waals surface area contributed by atoms with E-state index < -0.39 is 0 Å². The summed E-state index contributed by atoms with van der Waals surface area (Å²) in [6.07, 6.45) is 1.57. The Morgan fingerprint density at radius 1 is 1.78 bits per heavy atom. The molecule has 0 saturated carbocycles. The maximum Gasteiger partial charge on any atom is 0.110 e. The predicted molar refractivity (Wildman–Crippen MR) is 39.3 cm³/mol. The molecule has 0 radical (unpaired) electrons. The Balaban J connectivity index is 3.08. The molecular formula is C6H7NOS. The van der Waals surface area contributed by atoms with Crippen LogP contribution in [0.3, 0.4) is 0 Å². The minimum absolute atomic E-state index is 0.390.